The summed E-state index contributed by atoms with van der Waals surface area (Å²) in [7, 11) is 0. The summed E-state index contributed by atoms with van der Waals surface area (Å²) in [4.78, 5) is 12.3. The zero-order valence-electron chi connectivity index (χ0n) is 30.4. The van der Waals surface area contributed by atoms with Crippen LogP contribution in [0.15, 0.2) is 24.3 Å². The summed E-state index contributed by atoms with van der Waals surface area (Å²) in [6.07, 6.45) is 49.6. The van der Waals surface area contributed by atoms with E-state index in [1.54, 1.807) is 6.08 Å². The van der Waals surface area contributed by atoms with Gasteiger partial charge in [0.15, 0.2) is 0 Å². The van der Waals surface area contributed by atoms with Crippen molar-refractivity contribution in [2.45, 2.75) is 194 Å². The Bertz CT molecular complexity index is 966. The van der Waals surface area contributed by atoms with Crippen LogP contribution in [0.3, 0.4) is 0 Å². The number of ether oxygens (including phenoxy) is 1. The molecule has 0 radical (unpaired) electrons. The van der Waals surface area contributed by atoms with Gasteiger partial charge >= 0.3 is 5.97 Å². The number of carbonyl (C=O) groups excluding carboxylic acids is 1. The number of fused-ring (bicyclic) bond motifs is 5. The largest absolute Gasteiger partial charge is 0.369 e. The Morgan fingerprint density at radius 3 is 1.91 bits per heavy atom. The molecule has 3 fully saturated rings. The van der Waals surface area contributed by atoms with Crippen LogP contribution in [0.5, 0.6) is 0 Å². The van der Waals surface area contributed by atoms with E-state index in [0.717, 1.165) is 42.4 Å². The first-order chi connectivity index (χ1) is 22.6. The normalized spacial score (nSPS) is 30.0. The number of esters is 1. The Morgan fingerprint density at radius 1 is 0.696 bits per heavy atom. The van der Waals surface area contributed by atoms with Gasteiger partial charge in [-0.2, -0.15) is 0 Å². The molecular weight excluding hydrogens is 560 g/mol. The molecule has 4 aliphatic rings. The quantitative estimate of drug-likeness (QED) is 0.0414. The average Bonchev–Trinajstić information content (AvgIpc) is 3.41. The van der Waals surface area contributed by atoms with Crippen LogP contribution in [0.2, 0.25) is 0 Å². The Kier molecular flexibility index (Phi) is 17.4. The first-order valence-electron chi connectivity index (χ1n) is 20.7. The lowest BCUT2D eigenvalue weighted by Gasteiger charge is -2.54. The van der Waals surface area contributed by atoms with Crippen LogP contribution >= 0.6 is 0 Å². The van der Waals surface area contributed by atoms with Crippen LogP contribution < -0.4 is 0 Å². The van der Waals surface area contributed by atoms with Crippen molar-refractivity contribution in [2.75, 3.05) is 0 Å². The van der Waals surface area contributed by atoms with E-state index >= 15 is 0 Å². The molecule has 0 N–H and O–H groups in total. The zero-order valence-corrected chi connectivity index (χ0v) is 30.4. The molecule has 0 amide bonds. The molecule has 0 bridgehead atoms. The molecule has 0 heterocycles. The van der Waals surface area contributed by atoms with Crippen LogP contribution in [-0.4, -0.2) is 5.97 Å². The lowest BCUT2D eigenvalue weighted by atomic mass is 9.50. The van der Waals surface area contributed by atoms with Crippen LogP contribution in [0, 0.1) is 52.9 Å². The number of allylic oxidation sites excluding steroid dienone is 3. The molecular formula is C44H72O2. The first-order valence-corrected chi connectivity index (χ1v) is 20.7. The summed E-state index contributed by atoms with van der Waals surface area (Å²) < 4.78 is 5.36. The van der Waals surface area contributed by atoms with Crippen molar-refractivity contribution >= 4 is 5.97 Å². The van der Waals surface area contributed by atoms with Gasteiger partial charge in [-0.25, -0.2) is 4.79 Å². The third-order valence-corrected chi connectivity index (χ3v) is 13.1. The van der Waals surface area contributed by atoms with Crippen LogP contribution in [-0.2, 0) is 9.53 Å². The fourth-order valence-corrected chi connectivity index (χ4v) is 10.4. The van der Waals surface area contributed by atoms with Crippen molar-refractivity contribution in [3.63, 3.8) is 0 Å². The highest BCUT2D eigenvalue weighted by Gasteiger charge is 2.56. The van der Waals surface area contributed by atoms with Gasteiger partial charge in [-0.1, -0.05) is 154 Å². The standard InChI is InChI=1S/C44H72O2/c1-3-4-5-6-7-8-9-10-11-12-13-14-15-16-17-18-19-20-21-22-23-28-43(45)46-36-34-38-30-32-42-41-31-29-37-26-24-25-27-39(37)40(41)33-35-44(38,42)2/h23-25,28,37-42H,3-22,26-27,29-33,35H2,1-2H3/t37?,38-,39-,40+,41+,42-,44+/m0/s1. The maximum absolute atomic E-state index is 12.3. The maximum atomic E-state index is 12.3. The topological polar surface area (TPSA) is 26.3 Å². The molecule has 0 aliphatic heterocycles. The van der Waals surface area contributed by atoms with Gasteiger partial charge in [-0.3, -0.25) is 0 Å². The molecule has 3 saturated carbocycles. The Labute approximate surface area is 285 Å². The zero-order chi connectivity index (χ0) is 32.3. The van der Waals surface area contributed by atoms with Crippen molar-refractivity contribution in [1.82, 2.24) is 0 Å². The third kappa shape index (κ3) is 11.9. The molecule has 260 valence electrons. The van der Waals surface area contributed by atoms with Crippen LogP contribution in [0.1, 0.15) is 194 Å². The predicted octanol–water partition coefficient (Wildman–Crippen LogP) is 13.3. The third-order valence-electron chi connectivity index (χ3n) is 13.1. The van der Waals surface area contributed by atoms with Gasteiger partial charge in [0.1, 0.15) is 6.11 Å². The van der Waals surface area contributed by atoms with Gasteiger partial charge in [-0.05, 0) is 99.2 Å². The highest BCUT2D eigenvalue weighted by atomic mass is 16.5. The SMILES string of the molecule is CCCCCCCCCCCCCCCCCCCCCC=CC(=O)OC#C[C@@H]1CC[C@H]2[C@@H]3CCC4CC=CC[C@@H]4[C@H]3CC[C@]12C. The van der Waals surface area contributed by atoms with Gasteiger partial charge in [0.2, 0.25) is 0 Å². The maximum Gasteiger partial charge on any atom is 0.344 e. The number of rotatable bonds is 21. The number of hydrogen-bond donors (Lipinski definition) is 0. The van der Waals surface area contributed by atoms with Crippen LogP contribution in [0.4, 0.5) is 0 Å². The van der Waals surface area contributed by atoms with Crippen molar-refractivity contribution < 1.29 is 9.53 Å². The number of carbonyl (C=O) groups is 1. The highest BCUT2D eigenvalue weighted by Crippen LogP contribution is 2.63. The van der Waals surface area contributed by atoms with E-state index in [4.69, 9.17) is 4.74 Å². The second kappa shape index (κ2) is 21.5. The predicted molar refractivity (Wildman–Crippen MR) is 196 cm³/mol. The fourth-order valence-electron chi connectivity index (χ4n) is 10.4. The number of unbranched alkanes of at least 4 members (excludes halogenated alkanes) is 19. The van der Waals surface area contributed by atoms with Gasteiger partial charge < -0.3 is 4.74 Å². The summed E-state index contributed by atoms with van der Waals surface area (Å²) in [5.41, 5.74) is 0.306. The van der Waals surface area contributed by atoms with Crippen molar-refractivity contribution in [1.29, 1.82) is 0 Å². The van der Waals surface area contributed by atoms with E-state index in [-0.39, 0.29) is 5.97 Å². The molecule has 0 aromatic carbocycles. The molecule has 1 unspecified atom stereocenters. The molecule has 0 aromatic rings. The first kappa shape index (κ1) is 37.3. The van der Waals surface area contributed by atoms with Crippen molar-refractivity contribution in [2.24, 2.45) is 40.9 Å². The van der Waals surface area contributed by atoms with E-state index in [2.05, 4.69) is 38.0 Å². The monoisotopic (exact) mass is 633 g/mol. The Balaban J connectivity index is 0.955. The van der Waals surface area contributed by atoms with Gasteiger partial charge in [0, 0.05) is 12.0 Å². The lowest BCUT2D eigenvalue weighted by Crippen LogP contribution is -2.47. The van der Waals surface area contributed by atoms with E-state index in [1.165, 1.54) is 167 Å². The smallest absolute Gasteiger partial charge is 0.344 e. The molecule has 4 rings (SSSR count). The lowest BCUT2D eigenvalue weighted by molar-refractivity contribution is -0.131. The molecule has 4 aliphatic carbocycles. The summed E-state index contributed by atoms with van der Waals surface area (Å²) in [6, 6.07) is 0. The van der Waals surface area contributed by atoms with E-state index in [1.807, 2.05) is 6.08 Å². The summed E-state index contributed by atoms with van der Waals surface area (Å²) >= 11 is 0. The van der Waals surface area contributed by atoms with Gasteiger partial charge in [0.25, 0.3) is 0 Å². The molecule has 0 saturated heterocycles. The fraction of sp³-hybridized carbons (Fsp3) is 0.841. The van der Waals surface area contributed by atoms with E-state index < -0.39 is 0 Å². The minimum atomic E-state index is -0.294. The molecule has 0 aromatic heterocycles. The number of hydrogen-bond acceptors (Lipinski definition) is 2. The second-order valence-electron chi connectivity index (χ2n) is 16.3. The summed E-state index contributed by atoms with van der Waals surface area (Å²) in [5.74, 6) is 8.04. The average molecular weight is 633 g/mol. The molecule has 2 nitrogen and oxygen atoms in total. The minimum Gasteiger partial charge on any atom is -0.369 e. The molecule has 0 spiro atoms. The Morgan fingerprint density at radius 2 is 1.28 bits per heavy atom. The molecule has 2 heteroatoms. The minimum absolute atomic E-state index is 0.294. The summed E-state index contributed by atoms with van der Waals surface area (Å²) in [5, 5.41) is 0. The summed E-state index contributed by atoms with van der Waals surface area (Å²) in [6.45, 7) is 4.81. The van der Waals surface area contributed by atoms with E-state index in [0.29, 0.717) is 11.3 Å². The van der Waals surface area contributed by atoms with Crippen molar-refractivity contribution in [3.05, 3.63) is 24.3 Å². The Hall–Kier alpha value is -1.49. The van der Waals surface area contributed by atoms with Gasteiger partial charge in [0.05, 0.1) is 0 Å². The van der Waals surface area contributed by atoms with Crippen molar-refractivity contribution in [3.8, 4) is 12.0 Å². The van der Waals surface area contributed by atoms with Crippen LogP contribution in [0.25, 0.3) is 0 Å². The van der Waals surface area contributed by atoms with E-state index in [9.17, 15) is 4.79 Å². The highest BCUT2D eigenvalue weighted by molar-refractivity contribution is 5.82. The molecule has 46 heavy (non-hydrogen) atoms. The second-order valence-corrected chi connectivity index (χ2v) is 16.3. The molecule has 7 atom stereocenters. The van der Waals surface area contributed by atoms with Gasteiger partial charge in [-0.15, -0.1) is 0 Å².